The minimum atomic E-state index is -4.07. The van der Waals surface area contributed by atoms with Gasteiger partial charge in [-0.15, -0.1) is 0 Å². The molecule has 8 nitrogen and oxygen atoms in total. The fourth-order valence-electron chi connectivity index (χ4n) is 3.32. The number of hydrazone groups is 1. The van der Waals surface area contributed by atoms with Gasteiger partial charge in [-0.3, -0.25) is 4.79 Å². The van der Waals surface area contributed by atoms with Crippen molar-refractivity contribution < 1.29 is 22.7 Å². The molecular formula is C24H21Cl2N3O5S. The van der Waals surface area contributed by atoms with Gasteiger partial charge in [0.1, 0.15) is 13.2 Å². The molecule has 35 heavy (non-hydrogen) atoms. The first kappa shape index (κ1) is 25.0. The van der Waals surface area contributed by atoms with E-state index in [0.717, 1.165) is 9.87 Å². The van der Waals surface area contributed by atoms with Gasteiger partial charge in [0.15, 0.2) is 11.5 Å². The van der Waals surface area contributed by atoms with Crippen molar-refractivity contribution >= 4 is 45.3 Å². The summed E-state index contributed by atoms with van der Waals surface area (Å²) in [6.45, 7) is 0.235. The Balaban J connectivity index is 1.54. The maximum absolute atomic E-state index is 13.5. The van der Waals surface area contributed by atoms with Gasteiger partial charge in [-0.05, 0) is 29.8 Å². The molecule has 1 aliphatic rings. The van der Waals surface area contributed by atoms with Crippen molar-refractivity contribution in [1.82, 2.24) is 9.73 Å². The summed E-state index contributed by atoms with van der Waals surface area (Å²) in [6, 6.07) is 18.2. The predicted octanol–water partition coefficient (Wildman–Crippen LogP) is 4.11. The monoisotopic (exact) mass is 533 g/mol. The highest BCUT2D eigenvalue weighted by Gasteiger charge is 2.28. The smallest absolute Gasteiger partial charge is 0.255 e. The van der Waals surface area contributed by atoms with E-state index in [4.69, 9.17) is 32.7 Å². The molecule has 11 heteroatoms. The number of sulfonamides is 1. The third-order valence-electron chi connectivity index (χ3n) is 5.03. The zero-order valence-corrected chi connectivity index (χ0v) is 20.7. The summed E-state index contributed by atoms with van der Waals surface area (Å²) < 4.78 is 39.1. The van der Waals surface area contributed by atoms with Crippen LogP contribution in [-0.2, 0) is 21.4 Å². The van der Waals surface area contributed by atoms with Crippen LogP contribution >= 0.6 is 23.2 Å². The third kappa shape index (κ3) is 6.32. The summed E-state index contributed by atoms with van der Waals surface area (Å²) >= 11 is 12.0. The van der Waals surface area contributed by atoms with Crippen LogP contribution in [0.3, 0.4) is 0 Å². The van der Waals surface area contributed by atoms with Crippen LogP contribution in [0, 0.1) is 0 Å². The molecule has 1 heterocycles. The number of carbonyl (C=O) groups is 1. The SMILES string of the molecule is O=C(CN(Cc1ccccc1)S(=O)(=O)c1ccc2c(c1)OCCO2)N/N=C\c1ccc(Cl)cc1Cl. The maximum atomic E-state index is 13.5. The molecule has 182 valence electrons. The van der Waals surface area contributed by atoms with E-state index in [1.54, 1.807) is 48.5 Å². The second kappa shape index (κ2) is 11.1. The number of nitrogens with zero attached hydrogens (tertiary/aromatic N) is 2. The van der Waals surface area contributed by atoms with E-state index in [1.807, 2.05) is 6.07 Å². The van der Waals surface area contributed by atoms with E-state index < -0.39 is 22.5 Å². The number of hydrogen-bond acceptors (Lipinski definition) is 6. The van der Waals surface area contributed by atoms with Gasteiger partial charge in [-0.25, -0.2) is 13.8 Å². The molecule has 3 aromatic rings. The Hall–Kier alpha value is -3.11. The van der Waals surface area contributed by atoms with Crippen molar-refractivity contribution in [2.45, 2.75) is 11.4 Å². The molecule has 0 aromatic heterocycles. The number of benzene rings is 3. The topological polar surface area (TPSA) is 97.3 Å². The summed E-state index contributed by atoms with van der Waals surface area (Å²) in [5.41, 5.74) is 3.61. The highest BCUT2D eigenvalue weighted by Crippen LogP contribution is 2.33. The summed E-state index contributed by atoms with van der Waals surface area (Å²) in [4.78, 5) is 12.6. The Morgan fingerprint density at radius 1 is 1.00 bits per heavy atom. The summed E-state index contributed by atoms with van der Waals surface area (Å²) in [5, 5.41) is 4.73. The summed E-state index contributed by atoms with van der Waals surface area (Å²) in [5.74, 6) is 0.187. The van der Waals surface area contributed by atoms with Gasteiger partial charge in [0.2, 0.25) is 10.0 Å². The minimum Gasteiger partial charge on any atom is -0.486 e. The first-order chi connectivity index (χ1) is 16.8. The van der Waals surface area contributed by atoms with Crippen LogP contribution in [0.2, 0.25) is 10.0 Å². The second-order valence-corrected chi connectivity index (χ2v) is 10.3. The summed E-state index contributed by atoms with van der Waals surface area (Å²) in [7, 11) is -4.07. The molecule has 0 aliphatic carbocycles. The second-order valence-electron chi connectivity index (χ2n) is 7.52. The van der Waals surface area contributed by atoms with Crippen molar-refractivity contribution in [2.24, 2.45) is 5.10 Å². The fourth-order valence-corrected chi connectivity index (χ4v) is 5.18. The lowest BCUT2D eigenvalue weighted by molar-refractivity contribution is -0.121. The molecule has 1 amide bonds. The quantitative estimate of drug-likeness (QED) is 0.347. The molecule has 0 atom stereocenters. The molecule has 3 aromatic carbocycles. The summed E-state index contributed by atoms with van der Waals surface area (Å²) in [6.07, 6.45) is 1.35. The number of halogens is 2. The highest BCUT2D eigenvalue weighted by molar-refractivity contribution is 7.89. The lowest BCUT2D eigenvalue weighted by Crippen LogP contribution is -2.39. The Bertz CT molecular complexity index is 1350. The predicted molar refractivity (Wildman–Crippen MR) is 134 cm³/mol. The Morgan fingerprint density at radius 2 is 1.74 bits per heavy atom. The normalized spacial score (nSPS) is 13.2. The zero-order chi connectivity index (χ0) is 24.8. The van der Waals surface area contributed by atoms with Gasteiger partial charge in [0.05, 0.1) is 22.7 Å². The molecule has 0 spiro atoms. The van der Waals surface area contributed by atoms with Crippen LogP contribution < -0.4 is 14.9 Å². The largest absolute Gasteiger partial charge is 0.486 e. The van der Waals surface area contributed by atoms with Gasteiger partial charge in [-0.1, -0.05) is 59.6 Å². The molecule has 0 saturated carbocycles. The Labute approximate surface area is 213 Å². The molecule has 0 radical (unpaired) electrons. The van der Waals surface area contributed by atoms with E-state index in [0.29, 0.717) is 40.3 Å². The maximum Gasteiger partial charge on any atom is 0.255 e. The van der Waals surface area contributed by atoms with E-state index >= 15 is 0 Å². The number of carbonyl (C=O) groups excluding carboxylic acids is 1. The molecule has 1 N–H and O–H groups in total. The van der Waals surface area contributed by atoms with Crippen LogP contribution in [0.5, 0.6) is 11.5 Å². The van der Waals surface area contributed by atoms with Crippen LogP contribution in [-0.4, -0.2) is 44.6 Å². The average Bonchev–Trinajstić information content (AvgIpc) is 2.85. The number of fused-ring (bicyclic) bond motifs is 1. The standard InChI is InChI=1S/C24H21Cl2N3O5S/c25-19-7-6-18(21(26)12-19)14-27-28-24(30)16-29(15-17-4-2-1-3-5-17)35(31,32)20-8-9-22-23(13-20)34-11-10-33-22/h1-9,12-14H,10-11,15-16H2,(H,28,30)/b27-14-. The van der Waals surface area contributed by atoms with Gasteiger partial charge in [0.25, 0.3) is 5.91 Å². The average molecular weight is 534 g/mol. The minimum absolute atomic E-state index is 0.0121. The number of ether oxygens (including phenoxy) is 2. The van der Waals surface area contributed by atoms with Crippen LogP contribution in [0.25, 0.3) is 0 Å². The molecule has 0 saturated heterocycles. The highest BCUT2D eigenvalue weighted by atomic mass is 35.5. The lowest BCUT2D eigenvalue weighted by Gasteiger charge is -2.23. The van der Waals surface area contributed by atoms with E-state index in [1.165, 1.54) is 18.3 Å². The molecule has 4 rings (SSSR count). The molecule has 0 fully saturated rings. The molecular weight excluding hydrogens is 513 g/mol. The van der Waals surface area contributed by atoms with E-state index in [2.05, 4.69) is 10.5 Å². The number of amides is 1. The lowest BCUT2D eigenvalue weighted by atomic mass is 10.2. The van der Waals surface area contributed by atoms with Gasteiger partial charge in [0, 0.05) is 23.2 Å². The van der Waals surface area contributed by atoms with Crippen LogP contribution in [0.1, 0.15) is 11.1 Å². The fraction of sp³-hybridized carbons (Fsp3) is 0.167. The molecule has 0 unspecified atom stereocenters. The van der Waals surface area contributed by atoms with Crippen LogP contribution in [0.4, 0.5) is 0 Å². The van der Waals surface area contributed by atoms with E-state index in [9.17, 15) is 13.2 Å². The number of nitrogens with one attached hydrogen (secondary N) is 1. The van der Waals surface area contributed by atoms with Gasteiger partial charge >= 0.3 is 0 Å². The van der Waals surface area contributed by atoms with Crippen molar-refractivity contribution in [1.29, 1.82) is 0 Å². The number of rotatable bonds is 8. The first-order valence-electron chi connectivity index (χ1n) is 10.5. The van der Waals surface area contributed by atoms with Gasteiger partial charge in [-0.2, -0.15) is 9.41 Å². The van der Waals surface area contributed by atoms with E-state index in [-0.39, 0.29) is 11.4 Å². The van der Waals surface area contributed by atoms with Crippen molar-refractivity contribution in [3.8, 4) is 11.5 Å². The van der Waals surface area contributed by atoms with Crippen molar-refractivity contribution in [3.63, 3.8) is 0 Å². The van der Waals surface area contributed by atoms with Crippen molar-refractivity contribution in [3.05, 3.63) is 87.9 Å². The molecule has 1 aliphatic heterocycles. The number of hydrogen-bond donors (Lipinski definition) is 1. The first-order valence-corrected chi connectivity index (χ1v) is 12.7. The Morgan fingerprint density at radius 3 is 2.49 bits per heavy atom. The van der Waals surface area contributed by atoms with Crippen molar-refractivity contribution in [2.75, 3.05) is 19.8 Å². The zero-order valence-electron chi connectivity index (χ0n) is 18.4. The molecule has 0 bridgehead atoms. The third-order valence-corrected chi connectivity index (χ3v) is 7.38. The van der Waals surface area contributed by atoms with Crippen LogP contribution in [0.15, 0.2) is 76.7 Å². The Kier molecular flexibility index (Phi) is 7.92. The van der Waals surface area contributed by atoms with Gasteiger partial charge < -0.3 is 9.47 Å².